The zero-order chi connectivity index (χ0) is 19.7. The first kappa shape index (κ1) is 19.1. The molecular weight excluding hydrogens is 350 g/mol. The van der Waals surface area contributed by atoms with Crippen LogP contribution in [0.3, 0.4) is 0 Å². The van der Waals surface area contributed by atoms with Crippen LogP contribution >= 0.6 is 0 Å². The van der Waals surface area contributed by atoms with E-state index in [1.807, 2.05) is 12.3 Å². The Kier molecular flexibility index (Phi) is 5.19. The monoisotopic (exact) mass is 381 g/mol. The van der Waals surface area contributed by atoms with Crippen molar-refractivity contribution in [3.63, 3.8) is 0 Å². The van der Waals surface area contributed by atoms with Crippen LogP contribution in [-0.2, 0) is 5.41 Å². The van der Waals surface area contributed by atoms with Crippen molar-refractivity contribution in [2.75, 3.05) is 33.4 Å². The smallest absolute Gasteiger partial charge is 0.163 e. The van der Waals surface area contributed by atoms with Crippen LogP contribution in [-0.4, -0.2) is 48.2 Å². The SMILES string of the molecule is COc1cc2c(cc1OCCCN1CCCC1)[nH]c1ccnc(C(C)(C)C)c12. The summed E-state index contributed by atoms with van der Waals surface area (Å²) >= 11 is 0. The number of methoxy groups -OCH3 is 1. The maximum absolute atomic E-state index is 6.10. The van der Waals surface area contributed by atoms with E-state index in [9.17, 15) is 0 Å². The van der Waals surface area contributed by atoms with Crippen molar-refractivity contribution in [1.82, 2.24) is 14.9 Å². The predicted molar refractivity (Wildman–Crippen MR) is 115 cm³/mol. The first-order valence-corrected chi connectivity index (χ1v) is 10.3. The van der Waals surface area contributed by atoms with Crippen LogP contribution in [0.15, 0.2) is 24.4 Å². The van der Waals surface area contributed by atoms with Crippen molar-refractivity contribution < 1.29 is 9.47 Å². The van der Waals surface area contributed by atoms with E-state index in [4.69, 9.17) is 9.47 Å². The van der Waals surface area contributed by atoms with Crippen molar-refractivity contribution in [2.45, 2.75) is 45.4 Å². The van der Waals surface area contributed by atoms with E-state index in [2.05, 4.69) is 47.8 Å². The summed E-state index contributed by atoms with van der Waals surface area (Å²) in [5, 5.41) is 2.30. The largest absolute Gasteiger partial charge is 0.493 e. The molecule has 150 valence electrons. The molecule has 5 heteroatoms. The number of aromatic nitrogens is 2. The Hall–Kier alpha value is -2.27. The number of fused-ring (bicyclic) bond motifs is 3. The summed E-state index contributed by atoms with van der Waals surface area (Å²) in [6.07, 6.45) is 5.57. The maximum Gasteiger partial charge on any atom is 0.163 e. The van der Waals surface area contributed by atoms with Gasteiger partial charge in [-0.05, 0) is 44.5 Å². The Morgan fingerprint density at radius 2 is 1.89 bits per heavy atom. The number of nitrogens with zero attached hydrogens (tertiary/aromatic N) is 2. The number of pyridine rings is 1. The summed E-state index contributed by atoms with van der Waals surface area (Å²) in [5.74, 6) is 1.58. The molecule has 1 N–H and O–H groups in total. The normalized spacial score (nSPS) is 15.6. The Morgan fingerprint density at radius 3 is 2.61 bits per heavy atom. The molecule has 0 spiro atoms. The van der Waals surface area contributed by atoms with Crippen LogP contribution in [0, 0.1) is 0 Å². The van der Waals surface area contributed by atoms with Crippen LogP contribution in [0.2, 0.25) is 0 Å². The molecule has 28 heavy (non-hydrogen) atoms. The zero-order valence-corrected chi connectivity index (χ0v) is 17.5. The molecule has 5 nitrogen and oxygen atoms in total. The number of H-pyrrole nitrogens is 1. The number of hydrogen-bond donors (Lipinski definition) is 1. The predicted octanol–water partition coefficient (Wildman–Crippen LogP) is 4.89. The van der Waals surface area contributed by atoms with Gasteiger partial charge in [0.25, 0.3) is 0 Å². The molecular formula is C23H31N3O2. The van der Waals surface area contributed by atoms with Gasteiger partial charge >= 0.3 is 0 Å². The molecule has 0 amide bonds. The van der Waals surface area contributed by atoms with Gasteiger partial charge in [-0.25, -0.2) is 0 Å². The van der Waals surface area contributed by atoms with Gasteiger partial charge in [-0.15, -0.1) is 0 Å². The molecule has 1 saturated heterocycles. The molecule has 0 aliphatic carbocycles. The number of likely N-dealkylation sites (tertiary alicyclic amines) is 1. The summed E-state index contributed by atoms with van der Waals surface area (Å²) in [4.78, 5) is 10.7. The fourth-order valence-electron chi connectivity index (χ4n) is 4.17. The lowest BCUT2D eigenvalue weighted by atomic mass is 9.88. The summed E-state index contributed by atoms with van der Waals surface area (Å²) in [6.45, 7) is 10.9. The van der Waals surface area contributed by atoms with Crippen LogP contribution in [0.5, 0.6) is 11.5 Å². The average Bonchev–Trinajstić information content (AvgIpc) is 3.30. The Labute approximate surface area is 167 Å². The molecule has 0 saturated carbocycles. The van der Waals surface area contributed by atoms with Gasteiger partial charge in [-0.2, -0.15) is 0 Å². The van der Waals surface area contributed by atoms with E-state index in [0.717, 1.165) is 46.6 Å². The van der Waals surface area contributed by atoms with E-state index >= 15 is 0 Å². The minimum Gasteiger partial charge on any atom is -0.493 e. The number of rotatable bonds is 6. The Balaban J connectivity index is 1.62. The van der Waals surface area contributed by atoms with Gasteiger partial charge in [0, 0.05) is 40.5 Å². The number of aromatic amines is 1. The molecule has 1 aliphatic rings. The number of nitrogens with one attached hydrogen (secondary N) is 1. The topological polar surface area (TPSA) is 50.4 Å². The zero-order valence-electron chi connectivity index (χ0n) is 17.5. The molecule has 2 aromatic heterocycles. The Bertz CT molecular complexity index is 965. The van der Waals surface area contributed by atoms with Crippen molar-refractivity contribution in [2.24, 2.45) is 0 Å². The third-order valence-electron chi connectivity index (χ3n) is 5.58. The van der Waals surface area contributed by atoms with Gasteiger partial charge in [0.05, 0.1) is 24.9 Å². The summed E-state index contributed by atoms with van der Waals surface area (Å²) in [6, 6.07) is 6.19. The summed E-state index contributed by atoms with van der Waals surface area (Å²) in [7, 11) is 1.70. The van der Waals surface area contributed by atoms with Crippen LogP contribution < -0.4 is 9.47 Å². The number of hydrogen-bond acceptors (Lipinski definition) is 4. The standard InChI is InChI=1S/C23H31N3O2/c1-23(2,3)22-21-16-14-19(27-4)20(15-18(16)25-17(21)8-9-24-22)28-13-7-12-26-10-5-6-11-26/h8-9,14-15,25H,5-7,10-13H2,1-4H3. The minimum atomic E-state index is -0.0351. The summed E-state index contributed by atoms with van der Waals surface area (Å²) < 4.78 is 11.8. The van der Waals surface area contributed by atoms with E-state index in [0.29, 0.717) is 6.61 Å². The highest BCUT2D eigenvalue weighted by atomic mass is 16.5. The van der Waals surface area contributed by atoms with Gasteiger partial charge < -0.3 is 19.4 Å². The lowest BCUT2D eigenvalue weighted by Crippen LogP contribution is -2.21. The molecule has 0 unspecified atom stereocenters. The Morgan fingerprint density at radius 1 is 1.11 bits per heavy atom. The van der Waals surface area contributed by atoms with Crippen LogP contribution in [0.1, 0.15) is 45.7 Å². The molecule has 3 aromatic rings. The highest BCUT2D eigenvalue weighted by Crippen LogP contribution is 2.39. The second kappa shape index (κ2) is 7.63. The second-order valence-corrected chi connectivity index (χ2v) is 8.76. The van der Waals surface area contributed by atoms with Gasteiger partial charge in [0.2, 0.25) is 0 Å². The fraction of sp³-hybridized carbons (Fsp3) is 0.522. The van der Waals surface area contributed by atoms with E-state index in [-0.39, 0.29) is 5.41 Å². The number of benzene rings is 1. The second-order valence-electron chi connectivity index (χ2n) is 8.76. The minimum absolute atomic E-state index is 0.0351. The van der Waals surface area contributed by atoms with Crippen LogP contribution in [0.4, 0.5) is 0 Å². The first-order valence-electron chi connectivity index (χ1n) is 10.3. The van der Waals surface area contributed by atoms with E-state index in [1.54, 1.807) is 7.11 Å². The molecule has 1 fully saturated rings. The lowest BCUT2D eigenvalue weighted by Gasteiger charge is -2.19. The van der Waals surface area contributed by atoms with Crippen LogP contribution in [0.25, 0.3) is 21.8 Å². The van der Waals surface area contributed by atoms with Gasteiger partial charge in [0.1, 0.15) is 0 Å². The third kappa shape index (κ3) is 3.68. The van der Waals surface area contributed by atoms with E-state index < -0.39 is 0 Å². The van der Waals surface area contributed by atoms with Crippen molar-refractivity contribution in [3.05, 3.63) is 30.1 Å². The average molecular weight is 382 g/mol. The van der Waals surface area contributed by atoms with Crippen molar-refractivity contribution in [1.29, 1.82) is 0 Å². The highest BCUT2D eigenvalue weighted by molar-refractivity contribution is 6.09. The van der Waals surface area contributed by atoms with Gasteiger partial charge in [-0.1, -0.05) is 20.8 Å². The molecule has 4 rings (SSSR count). The quantitative estimate of drug-likeness (QED) is 0.618. The van der Waals surface area contributed by atoms with Gasteiger partial charge in [-0.3, -0.25) is 4.98 Å². The summed E-state index contributed by atoms with van der Waals surface area (Å²) in [5.41, 5.74) is 3.22. The first-order chi connectivity index (χ1) is 13.5. The van der Waals surface area contributed by atoms with Crippen molar-refractivity contribution in [3.8, 4) is 11.5 Å². The maximum atomic E-state index is 6.10. The molecule has 0 bridgehead atoms. The van der Waals surface area contributed by atoms with E-state index in [1.165, 1.54) is 31.3 Å². The molecule has 3 heterocycles. The molecule has 1 aromatic carbocycles. The molecule has 1 aliphatic heterocycles. The van der Waals surface area contributed by atoms with Crippen molar-refractivity contribution >= 4 is 21.8 Å². The van der Waals surface area contributed by atoms with Gasteiger partial charge in [0.15, 0.2) is 11.5 Å². The fourth-order valence-corrected chi connectivity index (χ4v) is 4.17. The number of ether oxygens (including phenoxy) is 2. The molecule has 0 radical (unpaired) electrons. The third-order valence-corrected chi connectivity index (χ3v) is 5.58. The lowest BCUT2D eigenvalue weighted by molar-refractivity contribution is 0.254. The highest BCUT2D eigenvalue weighted by Gasteiger charge is 2.22. The molecule has 0 atom stereocenters.